The minimum Gasteiger partial charge on any atom is -0.368 e. The number of hydrogen-bond acceptors (Lipinski definition) is 5. The molecule has 0 bridgehead atoms. The van der Waals surface area contributed by atoms with Crippen LogP contribution in [0.5, 0.6) is 0 Å². The number of thiophene rings is 1. The molecule has 0 radical (unpaired) electrons. The summed E-state index contributed by atoms with van der Waals surface area (Å²) in [4.78, 5) is 11.7. The Morgan fingerprint density at radius 2 is 2.43 bits per heavy atom. The van der Waals surface area contributed by atoms with E-state index < -0.39 is 0 Å². The molecule has 3 heterocycles. The molecular weight excluding hydrogens is 288 g/mol. The van der Waals surface area contributed by atoms with Crippen LogP contribution in [0.15, 0.2) is 16.8 Å². The molecule has 1 aliphatic carbocycles. The van der Waals surface area contributed by atoms with E-state index in [9.17, 15) is 4.79 Å². The Morgan fingerprint density at radius 3 is 3.19 bits per heavy atom. The number of aromatic nitrogens is 3. The third-order valence-electron chi connectivity index (χ3n) is 3.92. The summed E-state index contributed by atoms with van der Waals surface area (Å²) < 4.78 is 7.73. The van der Waals surface area contributed by atoms with Gasteiger partial charge in [0.15, 0.2) is 0 Å². The van der Waals surface area contributed by atoms with Gasteiger partial charge in [0.05, 0.1) is 24.9 Å². The Bertz CT molecular complexity index is 648. The van der Waals surface area contributed by atoms with Crippen molar-refractivity contribution < 1.29 is 9.53 Å². The van der Waals surface area contributed by atoms with Crippen LogP contribution in [0.4, 0.5) is 0 Å². The van der Waals surface area contributed by atoms with Crippen molar-refractivity contribution in [2.45, 2.75) is 32.1 Å². The van der Waals surface area contributed by atoms with Gasteiger partial charge in [-0.3, -0.25) is 4.79 Å². The topological polar surface area (TPSA) is 69.0 Å². The molecule has 1 amide bonds. The van der Waals surface area contributed by atoms with Crippen LogP contribution in [0.1, 0.15) is 18.5 Å². The van der Waals surface area contributed by atoms with E-state index in [0.717, 1.165) is 29.8 Å². The molecule has 1 N–H and O–H groups in total. The molecule has 1 aliphatic heterocycles. The average Bonchev–Trinajstić information content (AvgIpc) is 3.06. The number of hydrogen-bond donors (Lipinski definition) is 1. The first-order valence-corrected chi connectivity index (χ1v) is 8.10. The van der Waals surface area contributed by atoms with Gasteiger partial charge < -0.3 is 10.1 Å². The van der Waals surface area contributed by atoms with Gasteiger partial charge in [0.2, 0.25) is 5.91 Å². The third kappa shape index (κ3) is 2.58. The highest BCUT2D eigenvalue weighted by Gasteiger charge is 2.31. The molecule has 2 aromatic heterocycles. The zero-order chi connectivity index (χ0) is 14.2. The van der Waals surface area contributed by atoms with E-state index in [1.807, 2.05) is 16.1 Å². The molecule has 0 saturated heterocycles. The highest BCUT2D eigenvalue weighted by molar-refractivity contribution is 7.08. The Morgan fingerprint density at radius 1 is 1.52 bits per heavy atom. The molecule has 110 valence electrons. The molecule has 0 aromatic carbocycles. The average molecular weight is 304 g/mol. The number of fused-ring (bicyclic) bond motifs is 1. The highest BCUT2D eigenvalue weighted by atomic mass is 32.1. The molecular formula is C14H16N4O2S. The van der Waals surface area contributed by atoms with Crippen molar-refractivity contribution in [3.8, 4) is 11.3 Å². The molecule has 21 heavy (non-hydrogen) atoms. The maximum Gasteiger partial charge on any atom is 0.223 e. The minimum absolute atomic E-state index is 0.0303. The zero-order valence-corrected chi connectivity index (χ0v) is 12.3. The van der Waals surface area contributed by atoms with Crippen LogP contribution in [0.2, 0.25) is 0 Å². The normalized spacial score (nSPS) is 21.0. The molecule has 1 fully saturated rings. The van der Waals surface area contributed by atoms with E-state index in [1.54, 1.807) is 11.3 Å². The van der Waals surface area contributed by atoms with Gasteiger partial charge in [0.25, 0.3) is 0 Å². The van der Waals surface area contributed by atoms with Gasteiger partial charge in [-0.05, 0) is 24.3 Å². The molecule has 1 unspecified atom stereocenters. The fourth-order valence-electron chi connectivity index (χ4n) is 2.52. The van der Waals surface area contributed by atoms with E-state index in [-0.39, 0.29) is 17.9 Å². The number of amides is 1. The van der Waals surface area contributed by atoms with Crippen LogP contribution < -0.4 is 5.32 Å². The molecule has 2 aromatic rings. The summed E-state index contributed by atoms with van der Waals surface area (Å²) in [6.45, 7) is 1.67. The van der Waals surface area contributed by atoms with E-state index in [4.69, 9.17) is 4.74 Å². The van der Waals surface area contributed by atoms with Gasteiger partial charge in [-0.25, -0.2) is 4.68 Å². The Hall–Kier alpha value is -1.73. The van der Waals surface area contributed by atoms with E-state index in [2.05, 4.69) is 21.0 Å². The maximum absolute atomic E-state index is 11.7. The second-order valence-electron chi connectivity index (χ2n) is 5.53. The van der Waals surface area contributed by atoms with Crippen LogP contribution in [0.25, 0.3) is 11.3 Å². The van der Waals surface area contributed by atoms with E-state index in [0.29, 0.717) is 19.7 Å². The fourth-order valence-corrected chi connectivity index (χ4v) is 3.16. The number of ether oxygens (including phenoxy) is 1. The zero-order valence-electron chi connectivity index (χ0n) is 11.5. The number of rotatable bonds is 4. The predicted molar refractivity (Wildman–Crippen MR) is 77.6 cm³/mol. The summed E-state index contributed by atoms with van der Waals surface area (Å²) in [5, 5.41) is 15.5. The maximum atomic E-state index is 11.7. The SMILES string of the molecule is O=C(NCC1Cn2nnc(-c3ccsc3)c2CO1)C1CC1. The van der Waals surface area contributed by atoms with E-state index >= 15 is 0 Å². The number of carbonyl (C=O) groups is 1. The number of nitrogens with zero attached hydrogens (tertiary/aromatic N) is 3. The summed E-state index contributed by atoms with van der Waals surface area (Å²) >= 11 is 1.64. The molecule has 0 spiro atoms. The minimum atomic E-state index is -0.0303. The molecule has 1 saturated carbocycles. The van der Waals surface area contributed by atoms with E-state index in [1.165, 1.54) is 0 Å². The van der Waals surface area contributed by atoms with Crippen molar-refractivity contribution >= 4 is 17.2 Å². The second kappa shape index (κ2) is 5.23. The predicted octanol–water partition coefficient (Wildman–Crippen LogP) is 1.43. The monoisotopic (exact) mass is 304 g/mol. The largest absolute Gasteiger partial charge is 0.368 e. The molecule has 4 rings (SSSR count). The summed E-state index contributed by atoms with van der Waals surface area (Å²) in [5.41, 5.74) is 3.00. The van der Waals surface area contributed by atoms with Gasteiger partial charge in [0, 0.05) is 23.4 Å². The highest BCUT2D eigenvalue weighted by Crippen LogP contribution is 2.29. The van der Waals surface area contributed by atoms with Crippen LogP contribution in [0, 0.1) is 5.92 Å². The van der Waals surface area contributed by atoms with Crippen molar-refractivity contribution in [2.24, 2.45) is 5.92 Å². The Balaban J connectivity index is 1.42. The first-order chi connectivity index (χ1) is 10.3. The van der Waals surface area contributed by atoms with Crippen molar-refractivity contribution in [1.82, 2.24) is 20.3 Å². The Kier molecular flexibility index (Phi) is 3.23. The molecule has 6 nitrogen and oxygen atoms in total. The quantitative estimate of drug-likeness (QED) is 0.928. The van der Waals surface area contributed by atoms with Crippen LogP contribution in [-0.4, -0.2) is 33.5 Å². The van der Waals surface area contributed by atoms with Crippen molar-refractivity contribution in [2.75, 3.05) is 6.54 Å². The van der Waals surface area contributed by atoms with Gasteiger partial charge in [-0.15, -0.1) is 5.10 Å². The van der Waals surface area contributed by atoms with Crippen LogP contribution in [0.3, 0.4) is 0 Å². The lowest BCUT2D eigenvalue weighted by Gasteiger charge is -2.24. The summed E-state index contributed by atoms with van der Waals surface area (Å²) in [6, 6.07) is 2.04. The smallest absolute Gasteiger partial charge is 0.223 e. The molecule has 1 atom stereocenters. The first-order valence-electron chi connectivity index (χ1n) is 7.15. The fraction of sp³-hybridized carbons (Fsp3) is 0.500. The van der Waals surface area contributed by atoms with Gasteiger partial charge in [-0.2, -0.15) is 11.3 Å². The summed E-state index contributed by atoms with van der Waals surface area (Å²) in [5.74, 6) is 0.391. The van der Waals surface area contributed by atoms with Gasteiger partial charge in [-0.1, -0.05) is 5.21 Å². The Labute approximate surface area is 126 Å². The van der Waals surface area contributed by atoms with Crippen molar-refractivity contribution in [3.63, 3.8) is 0 Å². The third-order valence-corrected chi connectivity index (χ3v) is 4.60. The first kappa shape index (κ1) is 13.0. The lowest BCUT2D eigenvalue weighted by molar-refractivity contribution is -0.123. The second-order valence-corrected chi connectivity index (χ2v) is 6.31. The lowest BCUT2D eigenvalue weighted by atomic mass is 10.2. The summed E-state index contributed by atoms with van der Waals surface area (Å²) in [6.07, 6.45) is 2.01. The molecule has 2 aliphatic rings. The number of nitrogens with one attached hydrogen (secondary N) is 1. The van der Waals surface area contributed by atoms with Crippen molar-refractivity contribution in [1.29, 1.82) is 0 Å². The number of carbonyl (C=O) groups excluding carboxylic acids is 1. The summed E-state index contributed by atoms with van der Waals surface area (Å²) in [7, 11) is 0. The van der Waals surface area contributed by atoms with Gasteiger partial charge >= 0.3 is 0 Å². The standard InChI is InChI=1S/C14H16N4O2S/c19-14(9-1-2-9)15-5-11-6-18-12(7-20-11)13(16-17-18)10-3-4-21-8-10/h3-4,8-9,11H,1-2,5-7H2,(H,15,19). The van der Waals surface area contributed by atoms with Crippen molar-refractivity contribution in [3.05, 3.63) is 22.5 Å². The van der Waals surface area contributed by atoms with Gasteiger partial charge in [0.1, 0.15) is 5.69 Å². The van der Waals surface area contributed by atoms with Crippen LogP contribution >= 0.6 is 11.3 Å². The molecule has 7 heteroatoms. The van der Waals surface area contributed by atoms with Crippen LogP contribution in [-0.2, 0) is 22.7 Å². The lowest BCUT2D eigenvalue weighted by Crippen LogP contribution is -2.39.